The number of carboxylic acid groups (broad SMARTS) is 1. The van der Waals surface area contributed by atoms with Crippen LogP contribution < -0.4 is 4.74 Å². The van der Waals surface area contributed by atoms with Crippen molar-refractivity contribution in [3.63, 3.8) is 0 Å². The molecule has 0 aliphatic carbocycles. The van der Waals surface area contributed by atoms with Gasteiger partial charge in [0.15, 0.2) is 0 Å². The summed E-state index contributed by atoms with van der Waals surface area (Å²) in [6.07, 6.45) is 0.619. The Morgan fingerprint density at radius 3 is 2.29 bits per heavy atom. The van der Waals surface area contributed by atoms with Crippen molar-refractivity contribution in [2.75, 3.05) is 0 Å². The predicted molar refractivity (Wildman–Crippen MR) is 67.5 cm³/mol. The van der Waals surface area contributed by atoms with Crippen LogP contribution in [0.1, 0.15) is 37.8 Å². The second kappa shape index (κ2) is 5.21. The second-order valence-corrected chi connectivity index (χ2v) is 4.98. The maximum atomic E-state index is 10.6. The number of carbonyl (C=O) groups is 1. The molecule has 1 rings (SSSR count). The van der Waals surface area contributed by atoms with E-state index >= 15 is 0 Å². The molecule has 0 aromatic heterocycles. The molecular weight excluding hydrogens is 216 g/mol. The van der Waals surface area contributed by atoms with Crippen molar-refractivity contribution in [2.45, 2.75) is 46.1 Å². The van der Waals surface area contributed by atoms with Gasteiger partial charge in [-0.25, -0.2) is 0 Å². The fraction of sp³-hybridized carbons (Fsp3) is 0.500. The van der Waals surface area contributed by atoms with Crippen molar-refractivity contribution in [1.82, 2.24) is 0 Å². The quantitative estimate of drug-likeness (QED) is 0.853. The van der Waals surface area contributed by atoms with Gasteiger partial charge in [-0.05, 0) is 45.2 Å². The summed E-state index contributed by atoms with van der Waals surface area (Å²) in [6, 6.07) is 5.98. The standard InChI is InChI=1S/C14H20O3/c1-10-6-5-7-11(2)13(10)17-14(3,4)9-8-12(15)16/h5-7H,8-9H2,1-4H3,(H,15,16). The van der Waals surface area contributed by atoms with Gasteiger partial charge in [0, 0.05) is 6.42 Å². The third-order valence-corrected chi connectivity index (χ3v) is 2.73. The van der Waals surface area contributed by atoms with E-state index in [0.717, 1.165) is 16.9 Å². The molecule has 3 heteroatoms. The number of para-hydroxylation sites is 1. The Kier molecular flexibility index (Phi) is 4.16. The van der Waals surface area contributed by atoms with Gasteiger partial charge in [-0.15, -0.1) is 0 Å². The molecule has 0 heterocycles. The largest absolute Gasteiger partial charge is 0.487 e. The van der Waals surface area contributed by atoms with Crippen LogP contribution in [0.4, 0.5) is 0 Å². The van der Waals surface area contributed by atoms with E-state index in [-0.39, 0.29) is 6.42 Å². The van der Waals surface area contributed by atoms with Gasteiger partial charge in [0.2, 0.25) is 0 Å². The van der Waals surface area contributed by atoms with Crippen LogP contribution in [0.5, 0.6) is 5.75 Å². The molecule has 0 spiro atoms. The highest BCUT2D eigenvalue weighted by molar-refractivity contribution is 5.66. The molecule has 3 nitrogen and oxygen atoms in total. The normalized spacial score (nSPS) is 11.3. The van der Waals surface area contributed by atoms with Gasteiger partial charge in [0.1, 0.15) is 11.4 Å². The lowest BCUT2D eigenvalue weighted by molar-refractivity contribution is -0.138. The lowest BCUT2D eigenvalue weighted by Crippen LogP contribution is -2.29. The molecule has 0 bridgehead atoms. The number of hydrogen-bond acceptors (Lipinski definition) is 2. The van der Waals surface area contributed by atoms with Gasteiger partial charge in [0.25, 0.3) is 0 Å². The van der Waals surface area contributed by atoms with Crippen LogP contribution in [0, 0.1) is 13.8 Å². The van der Waals surface area contributed by atoms with Crippen LogP contribution in [0.2, 0.25) is 0 Å². The molecule has 0 aliphatic rings. The van der Waals surface area contributed by atoms with E-state index in [1.807, 2.05) is 45.9 Å². The fourth-order valence-electron chi connectivity index (χ4n) is 1.70. The number of carboxylic acids is 1. The fourth-order valence-corrected chi connectivity index (χ4v) is 1.70. The van der Waals surface area contributed by atoms with Gasteiger partial charge < -0.3 is 9.84 Å². The van der Waals surface area contributed by atoms with Crippen molar-refractivity contribution in [3.8, 4) is 5.75 Å². The van der Waals surface area contributed by atoms with Crippen LogP contribution in [0.15, 0.2) is 18.2 Å². The first kappa shape index (κ1) is 13.6. The highest BCUT2D eigenvalue weighted by Gasteiger charge is 2.22. The van der Waals surface area contributed by atoms with Crippen LogP contribution >= 0.6 is 0 Å². The number of benzene rings is 1. The van der Waals surface area contributed by atoms with Crippen molar-refractivity contribution in [2.24, 2.45) is 0 Å². The van der Waals surface area contributed by atoms with E-state index in [4.69, 9.17) is 9.84 Å². The minimum absolute atomic E-state index is 0.123. The molecule has 0 saturated heterocycles. The lowest BCUT2D eigenvalue weighted by Gasteiger charge is -2.28. The van der Waals surface area contributed by atoms with E-state index in [1.165, 1.54) is 0 Å². The highest BCUT2D eigenvalue weighted by Crippen LogP contribution is 2.28. The molecule has 1 aromatic rings. The van der Waals surface area contributed by atoms with Crippen molar-refractivity contribution < 1.29 is 14.6 Å². The molecule has 94 valence electrons. The second-order valence-electron chi connectivity index (χ2n) is 4.98. The molecule has 17 heavy (non-hydrogen) atoms. The van der Waals surface area contributed by atoms with Gasteiger partial charge in [-0.3, -0.25) is 4.79 Å². The minimum atomic E-state index is -0.789. The van der Waals surface area contributed by atoms with E-state index in [2.05, 4.69) is 0 Å². The number of hydrogen-bond donors (Lipinski definition) is 1. The van der Waals surface area contributed by atoms with Gasteiger partial charge in [0.05, 0.1) is 0 Å². The Bertz CT molecular complexity index is 388. The Balaban J connectivity index is 2.79. The van der Waals surface area contributed by atoms with Crippen molar-refractivity contribution in [1.29, 1.82) is 0 Å². The number of aliphatic carboxylic acids is 1. The Hall–Kier alpha value is -1.51. The molecule has 0 fully saturated rings. The zero-order chi connectivity index (χ0) is 13.1. The summed E-state index contributed by atoms with van der Waals surface area (Å²) >= 11 is 0. The van der Waals surface area contributed by atoms with Gasteiger partial charge in [-0.1, -0.05) is 18.2 Å². The summed E-state index contributed by atoms with van der Waals surface area (Å²) in [5.74, 6) is 0.0751. The molecule has 0 saturated carbocycles. The Morgan fingerprint density at radius 1 is 1.29 bits per heavy atom. The van der Waals surface area contributed by atoms with Gasteiger partial charge >= 0.3 is 5.97 Å². The summed E-state index contributed by atoms with van der Waals surface area (Å²) < 4.78 is 5.95. The average molecular weight is 236 g/mol. The summed E-state index contributed by atoms with van der Waals surface area (Å²) in [5.41, 5.74) is 1.69. The summed E-state index contributed by atoms with van der Waals surface area (Å²) in [6.45, 7) is 7.83. The first-order valence-corrected chi connectivity index (χ1v) is 5.79. The Morgan fingerprint density at radius 2 is 1.82 bits per heavy atom. The van der Waals surface area contributed by atoms with Crippen LogP contribution in [0.3, 0.4) is 0 Å². The van der Waals surface area contributed by atoms with E-state index in [1.54, 1.807) is 0 Å². The smallest absolute Gasteiger partial charge is 0.303 e. The summed E-state index contributed by atoms with van der Waals surface area (Å²) in [4.78, 5) is 10.6. The topological polar surface area (TPSA) is 46.5 Å². The molecule has 0 aliphatic heterocycles. The number of ether oxygens (including phenoxy) is 1. The number of rotatable bonds is 5. The first-order valence-electron chi connectivity index (χ1n) is 5.79. The maximum absolute atomic E-state index is 10.6. The van der Waals surface area contributed by atoms with Crippen molar-refractivity contribution in [3.05, 3.63) is 29.3 Å². The van der Waals surface area contributed by atoms with E-state index < -0.39 is 11.6 Å². The lowest BCUT2D eigenvalue weighted by atomic mass is 10.0. The van der Waals surface area contributed by atoms with E-state index in [9.17, 15) is 4.79 Å². The number of aryl methyl sites for hydroxylation is 2. The van der Waals surface area contributed by atoms with Crippen LogP contribution in [-0.2, 0) is 4.79 Å². The molecule has 0 atom stereocenters. The highest BCUT2D eigenvalue weighted by atomic mass is 16.5. The zero-order valence-corrected chi connectivity index (χ0v) is 10.9. The van der Waals surface area contributed by atoms with Crippen molar-refractivity contribution >= 4 is 5.97 Å². The third kappa shape index (κ3) is 4.10. The zero-order valence-electron chi connectivity index (χ0n) is 10.9. The van der Waals surface area contributed by atoms with Crippen LogP contribution in [0.25, 0.3) is 0 Å². The van der Waals surface area contributed by atoms with Crippen LogP contribution in [-0.4, -0.2) is 16.7 Å². The third-order valence-electron chi connectivity index (χ3n) is 2.73. The van der Waals surface area contributed by atoms with Gasteiger partial charge in [-0.2, -0.15) is 0 Å². The summed E-state index contributed by atoms with van der Waals surface area (Å²) in [7, 11) is 0. The SMILES string of the molecule is Cc1cccc(C)c1OC(C)(C)CCC(=O)O. The summed E-state index contributed by atoms with van der Waals surface area (Å²) in [5, 5.41) is 8.70. The Labute approximate surface area is 102 Å². The maximum Gasteiger partial charge on any atom is 0.303 e. The molecule has 0 amide bonds. The molecule has 0 unspecified atom stereocenters. The molecule has 1 aromatic carbocycles. The average Bonchev–Trinajstić information content (AvgIpc) is 2.21. The van der Waals surface area contributed by atoms with E-state index in [0.29, 0.717) is 6.42 Å². The monoisotopic (exact) mass is 236 g/mol. The minimum Gasteiger partial charge on any atom is -0.487 e. The molecule has 1 N–H and O–H groups in total. The first-order chi connectivity index (χ1) is 7.82. The molecule has 0 radical (unpaired) electrons. The molecular formula is C14H20O3. The predicted octanol–water partition coefficient (Wildman–Crippen LogP) is 3.33.